The van der Waals surface area contributed by atoms with E-state index in [1.54, 1.807) is 0 Å². The molecule has 2 N–H and O–H groups in total. The number of halogens is 1. The second-order valence-corrected chi connectivity index (χ2v) is 6.29. The monoisotopic (exact) mass is 309 g/mol. The van der Waals surface area contributed by atoms with Gasteiger partial charge in [-0.2, -0.15) is 0 Å². The molecule has 2 aliphatic rings. The Morgan fingerprint density at radius 2 is 2.05 bits per heavy atom. The molecule has 0 spiro atoms. The maximum absolute atomic E-state index is 6.13. The van der Waals surface area contributed by atoms with Crippen LogP contribution in [0.2, 0.25) is 5.02 Å². The third-order valence-corrected chi connectivity index (χ3v) is 4.76. The molecule has 2 heterocycles. The quantitative estimate of drug-likeness (QED) is 0.920. The van der Waals surface area contributed by atoms with E-state index in [1.807, 2.05) is 6.07 Å². The Hall–Kier alpha value is -0.810. The Bertz CT molecular complexity index is 477. The van der Waals surface area contributed by atoms with E-state index >= 15 is 0 Å². The Balaban J connectivity index is 1.70. The van der Waals surface area contributed by atoms with E-state index in [1.165, 1.54) is 17.7 Å². The third-order valence-electron chi connectivity index (χ3n) is 4.52. The molecule has 0 radical (unpaired) electrons. The van der Waals surface area contributed by atoms with E-state index in [-0.39, 0.29) is 0 Å². The van der Waals surface area contributed by atoms with E-state index < -0.39 is 0 Å². The van der Waals surface area contributed by atoms with Crippen molar-refractivity contribution in [2.24, 2.45) is 5.73 Å². The minimum absolute atomic E-state index is 0.648. The number of nitrogens with two attached hydrogens (primary N) is 1. The van der Waals surface area contributed by atoms with Gasteiger partial charge >= 0.3 is 0 Å². The molecule has 2 aliphatic heterocycles. The summed E-state index contributed by atoms with van der Waals surface area (Å²) in [6.07, 6.45) is 2.11. The Labute approximate surface area is 131 Å². The molecular weight excluding hydrogens is 286 g/mol. The van der Waals surface area contributed by atoms with Gasteiger partial charge in [-0.05, 0) is 43.1 Å². The van der Waals surface area contributed by atoms with Gasteiger partial charge in [-0.1, -0.05) is 11.6 Å². The van der Waals surface area contributed by atoms with Gasteiger partial charge in [0, 0.05) is 42.9 Å². The normalized spacial score (nSPS) is 23.7. The van der Waals surface area contributed by atoms with Gasteiger partial charge in [0.1, 0.15) is 0 Å². The topological polar surface area (TPSA) is 41.7 Å². The van der Waals surface area contributed by atoms with Crippen LogP contribution in [0, 0.1) is 0 Å². The first-order valence-corrected chi connectivity index (χ1v) is 8.21. The number of ether oxygens (including phenoxy) is 1. The van der Waals surface area contributed by atoms with Crippen molar-refractivity contribution in [3.05, 3.63) is 28.8 Å². The number of rotatable bonds is 4. The molecule has 116 valence electrons. The van der Waals surface area contributed by atoms with Crippen molar-refractivity contribution in [3.63, 3.8) is 0 Å². The Morgan fingerprint density at radius 1 is 1.24 bits per heavy atom. The fourth-order valence-electron chi connectivity index (χ4n) is 3.42. The molecule has 1 aromatic rings. The van der Waals surface area contributed by atoms with Gasteiger partial charge in [0.25, 0.3) is 0 Å². The van der Waals surface area contributed by atoms with E-state index in [0.29, 0.717) is 12.6 Å². The summed E-state index contributed by atoms with van der Waals surface area (Å²) >= 11 is 6.13. The van der Waals surface area contributed by atoms with E-state index in [9.17, 15) is 0 Å². The van der Waals surface area contributed by atoms with Gasteiger partial charge in [0.05, 0.1) is 13.2 Å². The van der Waals surface area contributed by atoms with Gasteiger partial charge in [-0.3, -0.25) is 4.90 Å². The number of hydrogen-bond donors (Lipinski definition) is 1. The van der Waals surface area contributed by atoms with Crippen LogP contribution in [0.1, 0.15) is 12.0 Å². The predicted molar refractivity (Wildman–Crippen MR) is 87.2 cm³/mol. The largest absolute Gasteiger partial charge is 0.379 e. The third kappa shape index (κ3) is 3.51. The summed E-state index contributed by atoms with van der Waals surface area (Å²) in [4.78, 5) is 5.06. The van der Waals surface area contributed by atoms with Crippen LogP contribution in [0.15, 0.2) is 18.2 Å². The molecule has 1 atom stereocenters. The summed E-state index contributed by atoms with van der Waals surface area (Å²) in [6, 6.07) is 6.84. The molecule has 2 fully saturated rings. The molecule has 3 rings (SSSR count). The molecule has 1 aromatic carbocycles. The van der Waals surface area contributed by atoms with E-state index in [0.717, 1.165) is 50.8 Å². The van der Waals surface area contributed by atoms with Crippen molar-refractivity contribution < 1.29 is 4.74 Å². The summed E-state index contributed by atoms with van der Waals surface area (Å²) < 4.78 is 5.45. The standard InChI is InChI=1S/C16H24ClN3O/c17-14-1-2-16(13(11-14)3-5-18)20-6-4-15(12-20)19-7-9-21-10-8-19/h1-2,11,15H,3-10,12,18H2. The van der Waals surface area contributed by atoms with Crippen LogP contribution in [0.4, 0.5) is 5.69 Å². The molecule has 0 amide bonds. The van der Waals surface area contributed by atoms with Crippen molar-refractivity contribution in [1.29, 1.82) is 0 Å². The molecule has 0 aliphatic carbocycles. The van der Waals surface area contributed by atoms with E-state index in [2.05, 4.69) is 21.9 Å². The maximum Gasteiger partial charge on any atom is 0.0594 e. The van der Waals surface area contributed by atoms with Gasteiger partial charge < -0.3 is 15.4 Å². The van der Waals surface area contributed by atoms with Crippen molar-refractivity contribution in [2.45, 2.75) is 18.9 Å². The number of nitrogens with zero attached hydrogens (tertiary/aromatic N) is 2. The number of anilines is 1. The van der Waals surface area contributed by atoms with Gasteiger partial charge in [-0.15, -0.1) is 0 Å². The van der Waals surface area contributed by atoms with Crippen molar-refractivity contribution in [3.8, 4) is 0 Å². The molecule has 0 saturated carbocycles. The zero-order chi connectivity index (χ0) is 14.7. The second-order valence-electron chi connectivity index (χ2n) is 5.85. The summed E-state index contributed by atoms with van der Waals surface area (Å²) in [5, 5.41) is 0.797. The van der Waals surface area contributed by atoms with Gasteiger partial charge in [0.2, 0.25) is 0 Å². The van der Waals surface area contributed by atoms with Crippen LogP contribution in [0.5, 0.6) is 0 Å². The molecular formula is C16H24ClN3O. The molecule has 1 unspecified atom stereocenters. The highest BCUT2D eigenvalue weighted by atomic mass is 35.5. The molecule has 5 heteroatoms. The Morgan fingerprint density at radius 3 is 2.81 bits per heavy atom. The van der Waals surface area contributed by atoms with Crippen LogP contribution >= 0.6 is 11.6 Å². The SMILES string of the molecule is NCCc1cc(Cl)ccc1N1CCC(N2CCOCC2)C1. The van der Waals surface area contributed by atoms with Crippen LogP contribution in [-0.4, -0.2) is 56.9 Å². The average Bonchev–Trinajstić information content (AvgIpc) is 2.98. The number of morpholine rings is 1. The summed E-state index contributed by atoms with van der Waals surface area (Å²) in [6.45, 7) is 6.74. The van der Waals surface area contributed by atoms with Crippen LogP contribution < -0.4 is 10.6 Å². The van der Waals surface area contributed by atoms with Crippen molar-refractivity contribution >= 4 is 17.3 Å². The fraction of sp³-hybridized carbons (Fsp3) is 0.625. The molecule has 0 aromatic heterocycles. The van der Waals surface area contributed by atoms with Crippen LogP contribution in [0.25, 0.3) is 0 Å². The van der Waals surface area contributed by atoms with Gasteiger partial charge in [0.15, 0.2) is 0 Å². The van der Waals surface area contributed by atoms with Crippen molar-refractivity contribution in [2.75, 3.05) is 50.8 Å². The zero-order valence-electron chi connectivity index (χ0n) is 12.4. The van der Waals surface area contributed by atoms with Crippen LogP contribution in [-0.2, 0) is 11.2 Å². The molecule has 21 heavy (non-hydrogen) atoms. The first kappa shape index (κ1) is 15.1. The average molecular weight is 310 g/mol. The maximum atomic E-state index is 6.13. The lowest BCUT2D eigenvalue weighted by Gasteiger charge is -2.32. The fourth-order valence-corrected chi connectivity index (χ4v) is 3.61. The zero-order valence-corrected chi connectivity index (χ0v) is 13.2. The predicted octanol–water partition coefficient (Wildman–Crippen LogP) is 1.75. The van der Waals surface area contributed by atoms with Crippen molar-refractivity contribution in [1.82, 2.24) is 4.90 Å². The first-order chi connectivity index (χ1) is 10.3. The van der Waals surface area contributed by atoms with Crippen LogP contribution in [0.3, 0.4) is 0 Å². The Kier molecular flexibility index (Phi) is 5.01. The second kappa shape index (κ2) is 6.97. The molecule has 4 nitrogen and oxygen atoms in total. The smallest absolute Gasteiger partial charge is 0.0594 e. The highest BCUT2D eigenvalue weighted by Gasteiger charge is 2.29. The minimum Gasteiger partial charge on any atom is -0.379 e. The molecule has 0 bridgehead atoms. The lowest BCUT2D eigenvalue weighted by molar-refractivity contribution is 0.0209. The van der Waals surface area contributed by atoms with E-state index in [4.69, 9.17) is 22.1 Å². The molecule has 2 saturated heterocycles. The number of hydrogen-bond acceptors (Lipinski definition) is 4. The highest BCUT2D eigenvalue weighted by molar-refractivity contribution is 6.30. The minimum atomic E-state index is 0.648. The summed E-state index contributed by atoms with van der Waals surface area (Å²) in [5.74, 6) is 0. The van der Waals surface area contributed by atoms with Gasteiger partial charge in [-0.25, -0.2) is 0 Å². The summed E-state index contributed by atoms with van der Waals surface area (Å²) in [7, 11) is 0. The lowest BCUT2D eigenvalue weighted by atomic mass is 10.1. The highest BCUT2D eigenvalue weighted by Crippen LogP contribution is 2.29. The summed E-state index contributed by atoms with van der Waals surface area (Å²) in [5.41, 5.74) is 8.32. The first-order valence-electron chi connectivity index (χ1n) is 7.83. The number of benzene rings is 1. The lowest BCUT2D eigenvalue weighted by Crippen LogP contribution is -2.44.